The SMILES string of the molecule is CC(=O)c1cn(CC(=O)N2[C@H](C(=O)Nc3nc(Br)ccc3C)C[C@@]3(C)C[C@@H]23)c2cc3c(cc12)NC1(COC1)CO3. The van der Waals surface area contributed by atoms with Gasteiger partial charge in [-0.05, 0) is 65.7 Å². The van der Waals surface area contributed by atoms with E-state index < -0.39 is 6.04 Å². The topological polar surface area (TPSA) is 115 Å². The Balaban J connectivity index is 1.18. The Morgan fingerprint density at radius 1 is 1.20 bits per heavy atom. The molecule has 208 valence electrons. The van der Waals surface area contributed by atoms with Crippen molar-refractivity contribution in [3.8, 4) is 5.75 Å². The van der Waals surface area contributed by atoms with Gasteiger partial charge in [-0.15, -0.1) is 0 Å². The molecule has 0 bridgehead atoms. The molecule has 3 atom stereocenters. The van der Waals surface area contributed by atoms with E-state index in [-0.39, 0.29) is 41.1 Å². The number of pyridine rings is 1. The molecular weight excluding hydrogens is 578 g/mol. The Labute approximate surface area is 239 Å². The number of halogens is 1. The molecule has 11 heteroatoms. The van der Waals surface area contributed by atoms with Gasteiger partial charge in [0.25, 0.3) is 0 Å². The van der Waals surface area contributed by atoms with Crippen LogP contribution in [0.5, 0.6) is 5.75 Å². The number of Topliss-reactive ketones (excluding diaryl/α,β-unsaturated/α-hetero) is 1. The molecule has 10 nitrogen and oxygen atoms in total. The number of nitrogens with one attached hydrogen (secondary N) is 2. The number of piperidine rings is 1. The number of anilines is 2. The van der Waals surface area contributed by atoms with Gasteiger partial charge in [-0.1, -0.05) is 13.0 Å². The van der Waals surface area contributed by atoms with Crippen molar-refractivity contribution in [3.05, 3.63) is 46.2 Å². The summed E-state index contributed by atoms with van der Waals surface area (Å²) in [6.07, 6.45) is 3.22. The summed E-state index contributed by atoms with van der Waals surface area (Å²) < 4.78 is 13.9. The van der Waals surface area contributed by atoms with Crippen molar-refractivity contribution in [3.63, 3.8) is 0 Å². The minimum Gasteiger partial charge on any atom is -0.489 e. The number of likely N-dealkylation sites (tertiary alicyclic amines) is 1. The largest absolute Gasteiger partial charge is 0.489 e. The highest BCUT2D eigenvalue weighted by Crippen LogP contribution is 2.59. The van der Waals surface area contributed by atoms with Crippen LogP contribution in [0, 0.1) is 12.3 Å². The van der Waals surface area contributed by atoms with Crippen LogP contribution in [0.25, 0.3) is 10.9 Å². The number of benzene rings is 1. The molecule has 2 saturated heterocycles. The Morgan fingerprint density at radius 3 is 2.73 bits per heavy atom. The van der Waals surface area contributed by atoms with Gasteiger partial charge >= 0.3 is 0 Å². The van der Waals surface area contributed by atoms with E-state index in [1.165, 1.54) is 6.92 Å². The van der Waals surface area contributed by atoms with E-state index in [9.17, 15) is 14.4 Å². The summed E-state index contributed by atoms with van der Waals surface area (Å²) in [6.45, 7) is 7.18. The van der Waals surface area contributed by atoms with Crippen LogP contribution in [-0.2, 0) is 20.9 Å². The lowest BCUT2D eigenvalue weighted by Gasteiger charge is -2.45. The molecule has 4 aliphatic rings. The lowest BCUT2D eigenvalue weighted by atomic mass is 9.96. The van der Waals surface area contributed by atoms with E-state index >= 15 is 0 Å². The van der Waals surface area contributed by atoms with Gasteiger partial charge in [0.05, 0.1) is 24.4 Å². The average molecular weight is 608 g/mol. The van der Waals surface area contributed by atoms with E-state index in [0.717, 1.165) is 28.6 Å². The highest BCUT2D eigenvalue weighted by Gasteiger charge is 2.64. The number of ether oxygens (including phenoxy) is 2. The second-order valence-corrected chi connectivity index (χ2v) is 12.8. The molecule has 2 N–H and O–H groups in total. The fourth-order valence-electron chi connectivity index (χ4n) is 6.41. The molecule has 2 amide bonds. The van der Waals surface area contributed by atoms with Crippen LogP contribution in [0.1, 0.15) is 42.6 Å². The number of hydrogen-bond acceptors (Lipinski definition) is 7. The van der Waals surface area contributed by atoms with E-state index in [1.807, 2.05) is 35.8 Å². The first-order valence-corrected chi connectivity index (χ1v) is 14.3. The van der Waals surface area contributed by atoms with E-state index in [2.05, 4.69) is 38.5 Å². The van der Waals surface area contributed by atoms with Crippen LogP contribution in [0.4, 0.5) is 11.5 Å². The minimum absolute atomic E-state index is 0.0122. The number of nitrogens with zero attached hydrogens (tertiary/aromatic N) is 3. The molecule has 3 aliphatic heterocycles. The smallest absolute Gasteiger partial charge is 0.248 e. The van der Waals surface area contributed by atoms with Crippen molar-refractivity contribution in [2.75, 3.05) is 30.5 Å². The fourth-order valence-corrected chi connectivity index (χ4v) is 6.72. The molecule has 1 saturated carbocycles. The number of fused-ring (bicyclic) bond motifs is 3. The third-order valence-corrected chi connectivity index (χ3v) is 9.30. The Morgan fingerprint density at radius 2 is 2.00 bits per heavy atom. The van der Waals surface area contributed by atoms with Crippen LogP contribution in [0.15, 0.2) is 35.1 Å². The van der Waals surface area contributed by atoms with Gasteiger partial charge in [0.15, 0.2) is 5.78 Å². The van der Waals surface area contributed by atoms with Crippen molar-refractivity contribution in [1.82, 2.24) is 14.5 Å². The number of hydrogen-bond donors (Lipinski definition) is 2. The predicted octanol–water partition coefficient (Wildman–Crippen LogP) is 3.90. The molecule has 1 aliphatic carbocycles. The van der Waals surface area contributed by atoms with Gasteiger partial charge in [0.2, 0.25) is 11.8 Å². The number of amides is 2. The molecule has 1 aromatic carbocycles. The molecule has 1 spiro atoms. The van der Waals surface area contributed by atoms with Crippen LogP contribution in [0.2, 0.25) is 0 Å². The fraction of sp³-hybridized carbons (Fsp3) is 0.448. The first-order valence-electron chi connectivity index (χ1n) is 13.5. The standard InChI is InChI=1S/C29H30BrN5O5/c1-15-4-5-24(30)31-26(15)32-27(38)21-8-28(3)9-23(28)35(21)25(37)11-34-10-18(16(2)36)17-6-19-22(7-20(17)34)40-14-29(33-19)12-39-13-29/h4-7,10,21,23,33H,8-9,11-14H2,1-3H3,(H,31,32,38)/t21-,23+,28-/m0/s1. The molecule has 0 unspecified atom stereocenters. The molecule has 2 aromatic heterocycles. The van der Waals surface area contributed by atoms with E-state index in [4.69, 9.17) is 9.47 Å². The van der Waals surface area contributed by atoms with Gasteiger partial charge in [-0.3, -0.25) is 14.4 Å². The van der Waals surface area contributed by atoms with Crippen molar-refractivity contribution >= 4 is 55.9 Å². The summed E-state index contributed by atoms with van der Waals surface area (Å²) in [4.78, 5) is 46.1. The Hall–Kier alpha value is -3.44. The number of carbonyl (C=O) groups is 3. The molecule has 40 heavy (non-hydrogen) atoms. The van der Waals surface area contributed by atoms with Gasteiger partial charge in [-0.2, -0.15) is 0 Å². The minimum atomic E-state index is -0.591. The summed E-state index contributed by atoms with van der Waals surface area (Å²) in [7, 11) is 0. The van der Waals surface area contributed by atoms with E-state index in [1.54, 1.807) is 11.1 Å². The molecular formula is C29H30BrN5O5. The maximum absolute atomic E-state index is 13.9. The van der Waals surface area contributed by atoms with Crippen LogP contribution in [0.3, 0.4) is 0 Å². The van der Waals surface area contributed by atoms with Gasteiger partial charge < -0.3 is 29.6 Å². The highest BCUT2D eigenvalue weighted by molar-refractivity contribution is 9.10. The monoisotopic (exact) mass is 607 g/mol. The third kappa shape index (κ3) is 4.01. The number of ketones is 1. The summed E-state index contributed by atoms with van der Waals surface area (Å²) in [5.41, 5.74) is 2.64. The highest BCUT2D eigenvalue weighted by atomic mass is 79.9. The van der Waals surface area contributed by atoms with Crippen LogP contribution < -0.4 is 15.4 Å². The quantitative estimate of drug-likeness (QED) is 0.334. The zero-order chi connectivity index (χ0) is 28.0. The summed E-state index contributed by atoms with van der Waals surface area (Å²) in [5, 5.41) is 7.23. The third-order valence-electron chi connectivity index (χ3n) is 8.86. The predicted molar refractivity (Wildman–Crippen MR) is 152 cm³/mol. The zero-order valence-corrected chi connectivity index (χ0v) is 24.1. The van der Waals surface area contributed by atoms with Crippen molar-refractivity contribution in [1.29, 1.82) is 0 Å². The lowest BCUT2D eigenvalue weighted by molar-refractivity contribution is -0.138. The van der Waals surface area contributed by atoms with Crippen LogP contribution in [-0.4, -0.2) is 69.5 Å². The second kappa shape index (κ2) is 8.78. The normalized spacial score (nSPS) is 25.4. The molecule has 3 aromatic rings. The Kier molecular flexibility index (Phi) is 5.60. The molecule has 3 fully saturated rings. The molecule has 7 rings (SSSR count). The van der Waals surface area contributed by atoms with Gasteiger partial charge in [0.1, 0.15) is 40.9 Å². The summed E-state index contributed by atoms with van der Waals surface area (Å²) in [5.74, 6) is 0.685. The van der Waals surface area contributed by atoms with Crippen molar-refractivity contribution < 1.29 is 23.9 Å². The zero-order valence-electron chi connectivity index (χ0n) is 22.5. The second-order valence-electron chi connectivity index (χ2n) is 12.0. The molecule has 0 radical (unpaired) electrons. The number of aryl methyl sites for hydroxylation is 1. The van der Waals surface area contributed by atoms with E-state index in [0.29, 0.717) is 48.0 Å². The summed E-state index contributed by atoms with van der Waals surface area (Å²) in [6, 6.07) is 6.94. The average Bonchev–Trinajstić information content (AvgIpc) is 3.27. The first kappa shape index (κ1) is 25.5. The molecule has 5 heterocycles. The summed E-state index contributed by atoms with van der Waals surface area (Å²) >= 11 is 3.36. The first-order chi connectivity index (χ1) is 19.1. The number of rotatable bonds is 5. The number of carbonyl (C=O) groups excluding carboxylic acids is 3. The van der Waals surface area contributed by atoms with Crippen molar-refractivity contribution in [2.24, 2.45) is 5.41 Å². The number of aromatic nitrogens is 2. The van der Waals surface area contributed by atoms with Crippen molar-refractivity contribution in [2.45, 2.75) is 57.8 Å². The van der Waals surface area contributed by atoms with Crippen LogP contribution >= 0.6 is 15.9 Å². The maximum Gasteiger partial charge on any atom is 0.248 e. The maximum atomic E-state index is 13.9. The lowest BCUT2D eigenvalue weighted by Crippen LogP contribution is -2.61. The Bertz CT molecular complexity index is 1610. The van der Waals surface area contributed by atoms with Gasteiger partial charge in [0, 0.05) is 29.3 Å². The van der Waals surface area contributed by atoms with Gasteiger partial charge in [-0.25, -0.2) is 4.98 Å².